The molecule has 1 nitrogen and oxygen atoms in total. The van der Waals surface area contributed by atoms with E-state index in [0.29, 0.717) is 0 Å². The number of halogens is 11. The van der Waals surface area contributed by atoms with E-state index in [9.17, 15) is 48.3 Å². The third kappa shape index (κ3) is 2.13. The number of alkyl halides is 11. The fourth-order valence-electron chi connectivity index (χ4n) is 0.564. The molecule has 0 fully saturated rings. The van der Waals surface area contributed by atoms with Gasteiger partial charge in [-0.1, -0.05) is 5.73 Å². The molecule has 0 saturated heterocycles. The normalized spacial score (nSPS) is 16.2. The van der Waals surface area contributed by atoms with E-state index >= 15 is 0 Å². The van der Waals surface area contributed by atoms with Crippen molar-refractivity contribution in [2.45, 2.75) is 30.0 Å². The van der Waals surface area contributed by atoms with E-state index in [-0.39, 0.29) is 0 Å². The second-order valence-electron chi connectivity index (χ2n) is 2.76. The predicted molar refractivity (Wildman–Crippen MR) is 28.0 cm³/mol. The molecule has 0 aromatic rings. The Morgan fingerprint density at radius 1 is 0.471 bits per heavy atom. The Hall–Kier alpha value is -0.810. The second-order valence-corrected chi connectivity index (χ2v) is 2.76. The van der Waals surface area contributed by atoms with Crippen molar-refractivity contribution in [3.63, 3.8) is 0 Å². The summed E-state index contributed by atoms with van der Waals surface area (Å²) in [4.78, 5) is 0. The van der Waals surface area contributed by atoms with E-state index in [1.54, 1.807) is 0 Å². The molecule has 102 valence electrons. The van der Waals surface area contributed by atoms with E-state index in [0.717, 1.165) is 0 Å². The van der Waals surface area contributed by atoms with Crippen molar-refractivity contribution in [3.8, 4) is 0 Å². The number of hydrogen-bond donors (Lipinski definition) is 0. The second kappa shape index (κ2) is 3.59. The van der Waals surface area contributed by atoms with Crippen LogP contribution in [-0.2, 0) is 0 Å². The topological polar surface area (TPSA) is 22.3 Å². The Bertz CT molecular complexity index is 255. The highest BCUT2D eigenvalue weighted by atomic mass is 19.4. The Labute approximate surface area is 85.4 Å². The first-order chi connectivity index (χ1) is 7.00. The molecule has 0 aliphatic heterocycles. The molecule has 0 rings (SSSR count). The van der Waals surface area contributed by atoms with Crippen molar-refractivity contribution in [2.24, 2.45) is 0 Å². The Morgan fingerprint density at radius 2 is 0.765 bits per heavy atom. The van der Waals surface area contributed by atoms with Gasteiger partial charge >= 0.3 is 30.0 Å². The number of nitrogens with zero attached hydrogens (tertiary/aromatic N) is 1. The molecular formula is C5F11N. The molecule has 0 spiro atoms. The van der Waals surface area contributed by atoms with Gasteiger partial charge in [-0.15, -0.1) is 0 Å². The lowest BCUT2D eigenvalue weighted by molar-refractivity contribution is -0.422. The van der Waals surface area contributed by atoms with Gasteiger partial charge in [0.05, 0.1) is 0 Å². The van der Waals surface area contributed by atoms with Gasteiger partial charge in [-0.05, 0) is 0 Å². The van der Waals surface area contributed by atoms with Crippen LogP contribution in [0.15, 0.2) is 0 Å². The molecule has 0 aromatic heterocycles. The third-order valence-corrected chi connectivity index (χ3v) is 1.52. The lowest BCUT2D eigenvalue weighted by Crippen LogP contribution is -2.66. The maximum Gasteiger partial charge on any atom is 0.460 e. The van der Waals surface area contributed by atoms with E-state index in [1.165, 1.54) is 0 Å². The molecule has 0 N–H and O–H groups in total. The molecule has 0 aliphatic rings. The van der Waals surface area contributed by atoms with Crippen LogP contribution in [0.25, 0.3) is 0 Å². The molecule has 12 heteroatoms. The summed E-state index contributed by atoms with van der Waals surface area (Å²) in [5, 5.41) is 0. The summed E-state index contributed by atoms with van der Waals surface area (Å²) in [5.74, 6) is -22.3. The quantitative estimate of drug-likeness (QED) is 0.561. The van der Waals surface area contributed by atoms with Crippen molar-refractivity contribution in [3.05, 3.63) is 0 Å². The Morgan fingerprint density at radius 3 is 0.941 bits per heavy atom. The number of rotatable bonds is 3. The zero-order chi connectivity index (χ0) is 14.5. The van der Waals surface area contributed by atoms with Gasteiger partial charge in [-0.25, -0.2) is 0 Å². The van der Waals surface area contributed by atoms with E-state index < -0.39 is 30.0 Å². The van der Waals surface area contributed by atoms with E-state index in [1.807, 2.05) is 0 Å². The van der Waals surface area contributed by atoms with Gasteiger partial charge in [0.1, 0.15) is 0 Å². The minimum absolute atomic E-state index is 6.76. The fraction of sp³-hybridized carbons (Fsp3) is 1.00. The maximum atomic E-state index is 12.1. The standard InChI is InChI=1S/C5F11N/c6-1(7,2(8,9)4(12,13)14)3(10,11)5(15,16)17. The van der Waals surface area contributed by atoms with Gasteiger partial charge in [0.15, 0.2) is 0 Å². The Kier molecular flexibility index (Phi) is 3.42. The van der Waals surface area contributed by atoms with Crippen LogP contribution in [0.1, 0.15) is 0 Å². The van der Waals surface area contributed by atoms with E-state index in [4.69, 9.17) is 5.73 Å². The van der Waals surface area contributed by atoms with Gasteiger partial charge < -0.3 is 0 Å². The van der Waals surface area contributed by atoms with Crippen molar-refractivity contribution in [1.29, 1.82) is 0 Å². The minimum atomic E-state index is -7.53. The Balaban J connectivity index is 5.73. The van der Waals surface area contributed by atoms with Gasteiger partial charge in [-0.2, -0.15) is 48.3 Å². The van der Waals surface area contributed by atoms with Crippen molar-refractivity contribution < 1.29 is 48.3 Å². The summed E-state index contributed by atoms with van der Waals surface area (Å²) in [5.41, 5.74) is 7.25. The summed E-state index contributed by atoms with van der Waals surface area (Å²) in [6, 6.07) is -6.76. The van der Waals surface area contributed by atoms with Crippen LogP contribution in [0.2, 0.25) is 0 Å². The molecule has 0 heterocycles. The van der Waals surface area contributed by atoms with Crippen molar-refractivity contribution in [2.75, 3.05) is 0 Å². The molecule has 0 bridgehead atoms. The van der Waals surface area contributed by atoms with Gasteiger partial charge in [0, 0.05) is 0 Å². The van der Waals surface area contributed by atoms with Crippen LogP contribution >= 0.6 is 0 Å². The highest BCUT2D eigenvalue weighted by Crippen LogP contribution is 2.56. The minimum Gasteiger partial charge on any atom is -0.192 e. The predicted octanol–water partition coefficient (Wildman–Crippen LogP) is 3.12. The van der Waals surface area contributed by atoms with Crippen LogP contribution in [0.4, 0.5) is 48.3 Å². The molecule has 17 heavy (non-hydrogen) atoms. The zero-order valence-electron chi connectivity index (χ0n) is 7.10. The SMILES string of the molecule is [N]C(F)(F)C(F)(F)C(F)(F)C(F)(F)C(F)(F)F. The van der Waals surface area contributed by atoms with Gasteiger partial charge in [0.2, 0.25) is 0 Å². The molecule has 0 atom stereocenters. The lowest BCUT2D eigenvalue weighted by atomic mass is 10.0. The first kappa shape index (κ1) is 16.2. The first-order valence-corrected chi connectivity index (χ1v) is 3.30. The molecule has 0 aliphatic carbocycles. The highest BCUT2D eigenvalue weighted by molar-refractivity contribution is 5.04. The van der Waals surface area contributed by atoms with E-state index in [2.05, 4.69) is 0 Å². The molecule has 2 radical (unpaired) electrons. The zero-order valence-corrected chi connectivity index (χ0v) is 7.10. The van der Waals surface area contributed by atoms with Crippen LogP contribution in [0.3, 0.4) is 0 Å². The van der Waals surface area contributed by atoms with Crippen LogP contribution in [0.5, 0.6) is 0 Å². The summed E-state index contributed by atoms with van der Waals surface area (Å²) in [6.07, 6.45) is -7.20. The molecule has 0 amide bonds. The lowest BCUT2D eigenvalue weighted by Gasteiger charge is -2.34. The van der Waals surface area contributed by atoms with Gasteiger partial charge in [0.25, 0.3) is 0 Å². The summed E-state index contributed by atoms with van der Waals surface area (Å²) in [7, 11) is 0. The number of hydrogen-bond acceptors (Lipinski definition) is 0. The first-order valence-electron chi connectivity index (χ1n) is 3.30. The molecule has 0 aromatic carbocycles. The highest BCUT2D eigenvalue weighted by Gasteiger charge is 2.87. The van der Waals surface area contributed by atoms with Crippen LogP contribution in [-0.4, -0.2) is 30.0 Å². The van der Waals surface area contributed by atoms with Crippen molar-refractivity contribution >= 4 is 0 Å². The molecular weight excluding hydrogens is 283 g/mol. The fourth-order valence-corrected chi connectivity index (χ4v) is 0.564. The summed E-state index contributed by atoms with van der Waals surface area (Å²) >= 11 is 0. The van der Waals surface area contributed by atoms with Gasteiger partial charge in [-0.3, -0.25) is 0 Å². The van der Waals surface area contributed by atoms with Crippen LogP contribution < -0.4 is 5.73 Å². The monoisotopic (exact) mass is 283 g/mol. The largest absolute Gasteiger partial charge is 0.460 e. The summed E-state index contributed by atoms with van der Waals surface area (Å²) < 4.78 is 129. The van der Waals surface area contributed by atoms with Crippen molar-refractivity contribution in [1.82, 2.24) is 5.73 Å². The third-order valence-electron chi connectivity index (χ3n) is 1.52. The average Bonchev–Trinajstić information content (AvgIpc) is 1.98. The maximum absolute atomic E-state index is 12.1. The molecule has 0 saturated carbocycles. The summed E-state index contributed by atoms with van der Waals surface area (Å²) in [6.45, 7) is 0. The average molecular weight is 283 g/mol. The van der Waals surface area contributed by atoms with Crippen LogP contribution in [0, 0.1) is 0 Å². The smallest absolute Gasteiger partial charge is 0.192 e. The molecule has 0 unspecified atom stereocenters.